The van der Waals surface area contributed by atoms with Crippen LogP contribution in [0.15, 0.2) is 72.8 Å². The van der Waals surface area contributed by atoms with Gasteiger partial charge in [-0.1, -0.05) is 155 Å². The monoisotopic (exact) mass is 845 g/mol. The van der Waals surface area contributed by atoms with E-state index < -0.39 is 0 Å². The number of phenols is 2. The lowest BCUT2D eigenvalue weighted by molar-refractivity contribution is -0.145. The first kappa shape index (κ1) is 47.8. The highest BCUT2D eigenvalue weighted by Gasteiger charge is 2.24. The topological polar surface area (TPSA) is 128 Å². The van der Waals surface area contributed by atoms with Gasteiger partial charge in [0.2, 0.25) is 0 Å². The van der Waals surface area contributed by atoms with Crippen LogP contribution < -0.4 is 0 Å². The van der Waals surface area contributed by atoms with Gasteiger partial charge in [0, 0.05) is 12.0 Å². The number of ether oxygens (including phenoxy) is 1. The van der Waals surface area contributed by atoms with Crippen LogP contribution in [0.3, 0.4) is 0 Å². The second-order valence-electron chi connectivity index (χ2n) is 18.0. The molecule has 1 unspecified atom stereocenters. The molecule has 4 aromatic carbocycles. The molecule has 0 fully saturated rings. The van der Waals surface area contributed by atoms with Crippen molar-refractivity contribution in [3.05, 3.63) is 95.1 Å². The Morgan fingerprint density at radius 2 is 1.15 bits per heavy atom. The maximum absolute atomic E-state index is 12.4. The molecule has 6 rings (SSSR count). The molecule has 0 radical (unpaired) electrons. The number of hydrogen-bond acceptors (Lipinski definition) is 8. The standard InChI is InChI=1S/C27H37N3O3.C25H35N3O/c1-6-8-11-19(7-2)18-33-25(31)15-14-20-16-21(27(3,4)5)26(32)24(17-20)30-28-22-12-9-10-13-23(22)29-30;1-3-4-5-6-7-8-9-10-11-12-15-21-18-20(2)19-24(25(21)29)28-26-22-16-13-14-17-23(22)27-28/h9-10,12-13,16-17,19,32H,6-8,11,14-15,18H2,1-5H3;13-14,16-19,29H,3-12,15H2,1-2H3. The number of nitrogens with zero attached hydrogens (tertiary/aromatic N) is 6. The number of aromatic hydroxyl groups is 2. The highest BCUT2D eigenvalue weighted by atomic mass is 16.5. The lowest BCUT2D eigenvalue weighted by Gasteiger charge is -2.23. The first-order chi connectivity index (χ1) is 29.9. The Labute approximate surface area is 370 Å². The fourth-order valence-electron chi connectivity index (χ4n) is 7.89. The number of rotatable bonds is 22. The van der Waals surface area contributed by atoms with E-state index in [4.69, 9.17) is 4.74 Å². The molecule has 2 aromatic heterocycles. The van der Waals surface area contributed by atoms with Crippen LogP contribution in [0.5, 0.6) is 11.5 Å². The quantitative estimate of drug-likeness (QED) is 0.0511. The van der Waals surface area contributed by atoms with Crippen molar-refractivity contribution in [2.45, 2.75) is 163 Å². The summed E-state index contributed by atoms with van der Waals surface area (Å²) in [6.45, 7) is 15.3. The summed E-state index contributed by atoms with van der Waals surface area (Å²) in [5.41, 5.74) is 7.98. The maximum Gasteiger partial charge on any atom is 0.306 e. The number of carbonyl (C=O) groups excluding carboxylic acids is 1. The van der Waals surface area contributed by atoms with E-state index in [1.807, 2.05) is 66.7 Å². The fourth-order valence-corrected chi connectivity index (χ4v) is 7.89. The number of benzene rings is 4. The predicted octanol–water partition coefficient (Wildman–Crippen LogP) is 13.0. The third-order valence-corrected chi connectivity index (χ3v) is 11.7. The Morgan fingerprint density at radius 1 is 0.645 bits per heavy atom. The van der Waals surface area contributed by atoms with Crippen molar-refractivity contribution in [1.82, 2.24) is 30.0 Å². The largest absolute Gasteiger partial charge is 0.505 e. The predicted molar refractivity (Wildman–Crippen MR) is 253 cm³/mol. The molecule has 0 aliphatic rings. The first-order valence-electron chi connectivity index (χ1n) is 23.4. The molecule has 1 atom stereocenters. The molecule has 0 bridgehead atoms. The summed E-state index contributed by atoms with van der Waals surface area (Å²) in [5.74, 6) is 0.726. The Morgan fingerprint density at radius 3 is 1.65 bits per heavy atom. The number of hydrogen-bond donors (Lipinski definition) is 2. The van der Waals surface area contributed by atoms with Crippen molar-refractivity contribution < 1.29 is 19.7 Å². The number of fused-ring (bicyclic) bond motifs is 2. The molecular weight excluding hydrogens is 773 g/mol. The van der Waals surface area contributed by atoms with Crippen molar-refractivity contribution in [3.63, 3.8) is 0 Å². The lowest BCUT2D eigenvalue weighted by atomic mass is 9.84. The highest BCUT2D eigenvalue weighted by Crippen LogP contribution is 2.37. The molecule has 10 heteroatoms. The molecule has 6 aromatic rings. The summed E-state index contributed by atoms with van der Waals surface area (Å²) in [7, 11) is 0. The normalized spacial score (nSPS) is 12.1. The van der Waals surface area contributed by atoms with E-state index in [-0.39, 0.29) is 17.1 Å². The van der Waals surface area contributed by atoms with E-state index >= 15 is 0 Å². The van der Waals surface area contributed by atoms with Gasteiger partial charge >= 0.3 is 5.97 Å². The van der Waals surface area contributed by atoms with Gasteiger partial charge in [-0.25, -0.2) is 0 Å². The van der Waals surface area contributed by atoms with Gasteiger partial charge in [0.15, 0.2) is 0 Å². The van der Waals surface area contributed by atoms with Crippen molar-refractivity contribution in [2.24, 2.45) is 5.92 Å². The van der Waals surface area contributed by atoms with Gasteiger partial charge in [0.05, 0.1) is 6.61 Å². The lowest BCUT2D eigenvalue weighted by Crippen LogP contribution is -2.16. The number of esters is 1. The van der Waals surface area contributed by atoms with E-state index in [2.05, 4.69) is 74.9 Å². The zero-order valence-electron chi connectivity index (χ0n) is 38.6. The van der Waals surface area contributed by atoms with Gasteiger partial charge in [-0.2, -0.15) is 0 Å². The number of aromatic nitrogens is 6. The second kappa shape index (κ2) is 23.8. The Hall–Kier alpha value is -5.25. The van der Waals surface area contributed by atoms with Gasteiger partial charge in [-0.3, -0.25) is 4.79 Å². The van der Waals surface area contributed by atoms with Gasteiger partial charge in [0.1, 0.15) is 44.9 Å². The molecule has 2 N–H and O–H groups in total. The molecule has 10 nitrogen and oxygen atoms in total. The second-order valence-corrected chi connectivity index (χ2v) is 18.0. The third-order valence-electron chi connectivity index (χ3n) is 11.7. The van der Waals surface area contributed by atoms with E-state index in [0.29, 0.717) is 42.5 Å². The number of aryl methyl sites for hydroxylation is 3. The molecule has 2 heterocycles. The molecule has 0 spiro atoms. The van der Waals surface area contributed by atoms with E-state index in [1.54, 1.807) is 4.80 Å². The van der Waals surface area contributed by atoms with E-state index in [0.717, 1.165) is 76.4 Å². The Kier molecular flexibility index (Phi) is 18.4. The minimum absolute atomic E-state index is 0.163. The summed E-state index contributed by atoms with van der Waals surface area (Å²) < 4.78 is 5.57. The van der Waals surface area contributed by atoms with Gasteiger partial charge in [0.25, 0.3) is 0 Å². The van der Waals surface area contributed by atoms with Crippen LogP contribution in [0.1, 0.15) is 160 Å². The summed E-state index contributed by atoms with van der Waals surface area (Å²) >= 11 is 0. The molecular formula is C52H72N6O4. The third kappa shape index (κ3) is 13.9. The van der Waals surface area contributed by atoms with Crippen molar-refractivity contribution in [2.75, 3.05) is 6.61 Å². The number of unbranched alkanes of at least 4 members (excludes halogenated alkanes) is 10. The van der Waals surface area contributed by atoms with Gasteiger partial charge < -0.3 is 14.9 Å². The van der Waals surface area contributed by atoms with E-state index in [9.17, 15) is 15.0 Å². The van der Waals surface area contributed by atoms with Crippen molar-refractivity contribution in [3.8, 4) is 22.9 Å². The first-order valence-corrected chi connectivity index (χ1v) is 23.4. The van der Waals surface area contributed by atoms with Crippen molar-refractivity contribution >= 4 is 28.0 Å². The zero-order valence-corrected chi connectivity index (χ0v) is 38.6. The number of phenolic OH excluding ortho intramolecular Hbond substituents is 2. The highest BCUT2D eigenvalue weighted by molar-refractivity contribution is 5.75. The Bertz CT molecular complexity index is 2240. The minimum atomic E-state index is -0.282. The van der Waals surface area contributed by atoms with Gasteiger partial charge in [-0.05, 0) is 97.0 Å². The molecule has 0 amide bonds. The van der Waals surface area contributed by atoms with Crippen LogP contribution >= 0.6 is 0 Å². The number of carbonyl (C=O) groups is 1. The Balaban J connectivity index is 0.000000236. The average Bonchev–Trinajstić information content (AvgIpc) is 3.90. The summed E-state index contributed by atoms with van der Waals surface area (Å²) in [5, 5.41) is 40.0. The zero-order chi connectivity index (χ0) is 44.5. The summed E-state index contributed by atoms with van der Waals surface area (Å²) in [6.07, 6.45) is 19.4. The van der Waals surface area contributed by atoms with Crippen LogP contribution in [0, 0.1) is 12.8 Å². The van der Waals surface area contributed by atoms with Crippen LogP contribution in [-0.4, -0.2) is 52.8 Å². The van der Waals surface area contributed by atoms with Crippen LogP contribution in [0.4, 0.5) is 0 Å². The molecule has 0 saturated carbocycles. The SMILES string of the molecule is CCCCC(CC)COC(=O)CCc1cc(-n2nc3ccccc3n2)c(O)c(C(C)(C)C)c1.CCCCCCCCCCCCc1cc(C)cc(-n2nc3ccccc3n2)c1O. The van der Waals surface area contributed by atoms with Crippen LogP contribution in [0.25, 0.3) is 33.4 Å². The minimum Gasteiger partial charge on any atom is -0.505 e. The smallest absolute Gasteiger partial charge is 0.306 e. The summed E-state index contributed by atoms with van der Waals surface area (Å²) in [4.78, 5) is 15.5. The van der Waals surface area contributed by atoms with Crippen molar-refractivity contribution in [1.29, 1.82) is 0 Å². The maximum atomic E-state index is 12.4. The average molecular weight is 845 g/mol. The molecule has 0 saturated heterocycles. The molecule has 0 aliphatic carbocycles. The molecule has 334 valence electrons. The molecule has 62 heavy (non-hydrogen) atoms. The van der Waals surface area contributed by atoms with Crippen LogP contribution in [-0.2, 0) is 27.8 Å². The fraction of sp³-hybridized carbons (Fsp3) is 0.519. The van der Waals surface area contributed by atoms with Crippen LogP contribution in [0.2, 0.25) is 0 Å². The summed E-state index contributed by atoms with van der Waals surface area (Å²) in [6, 6.07) is 23.3. The van der Waals surface area contributed by atoms with E-state index in [1.165, 1.54) is 69.0 Å². The molecule has 0 aliphatic heterocycles. The van der Waals surface area contributed by atoms with Gasteiger partial charge in [-0.15, -0.1) is 30.0 Å².